The average molecular weight is 1180 g/mol. The van der Waals surface area contributed by atoms with Gasteiger partial charge in [-0.3, -0.25) is 9.36 Å². The van der Waals surface area contributed by atoms with Gasteiger partial charge in [-0.2, -0.15) is 0 Å². The highest BCUT2D eigenvalue weighted by Crippen LogP contribution is 2.38. The molecule has 0 saturated carbocycles. The fourth-order valence-corrected chi connectivity index (χ4v) is 11.9. The maximum absolute atomic E-state index is 13.0. The summed E-state index contributed by atoms with van der Waals surface area (Å²) in [6.07, 6.45) is 85.9. The minimum Gasteiger partial charge on any atom is -0.756 e. The molecule has 3 unspecified atom stereocenters. The van der Waals surface area contributed by atoms with Crippen LogP contribution in [0.5, 0.6) is 0 Å². The average Bonchev–Trinajstić information content (AvgIpc) is 3.47. The number of carbonyl (C=O) groups excluding carboxylic acids is 1. The van der Waals surface area contributed by atoms with E-state index in [-0.39, 0.29) is 12.5 Å². The summed E-state index contributed by atoms with van der Waals surface area (Å²) in [5.74, 6) is -0.204. The van der Waals surface area contributed by atoms with Crippen LogP contribution < -0.4 is 10.2 Å². The lowest BCUT2D eigenvalue weighted by atomic mass is 10.0. The number of aliphatic hydroxyl groups excluding tert-OH is 1. The number of likely N-dealkylation sites (N-methyl/N-ethyl adjacent to an activating group) is 1. The quantitative estimate of drug-likeness (QED) is 0.0272. The van der Waals surface area contributed by atoms with E-state index in [0.29, 0.717) is 17.4 Å². The van der Waals surface area contributed by atoms with E-state index in [1.807, 2.05) is 27.2 Å². The lowest BCUT2D eigenvalue weighted by Crippen LogP contribution is -2.45. The van der Waals surface area contributed by atoms with Crippen LogP contribution in [0.3, 0.4) is 0 Å². The van der Waals surface area contributed by atoms with Crippen molar-refractivity contribution in [2.75, 3.05) is 40.9 Å². The summed E-state index contributed by atoms with van der Waals surface area (Å²) in [5.41, 5.74) is 0. The maximum atomic E-state index is 13.0. The second-order valence-electron chi connectivity index (χ2n) is 26.3. The zero-order valence-electron chi connectivity index (χ0n) is 55.7. The van der Waals surface area contributed by atoms with Gasteiger partial charge in [-0.05, 0) is 44.9 Å². The van der Waals surface area contributed by atoms with Gasteiger partial charge in [-0.1, -0.05) is 359 Å². The number of rotatable bonds is 68. The van der Waals surface area contributed by atoms with Crippen molar-refractivity contribution >= 4 is 13.7 Å². The zero-order chi connectivity index (χ0) is 59.8. The van der Waals surface area contributed by atoms with Crippen molar-refractivity contribution in [3.63, 3.8) is 0 Å². The third kappa shape index (κ3) is 66.2. The topological polar surface area (TPSA) is 108 Å². The first-order valence-electron chi connectivity index (χ1n) is 36.4. The molecule has 2 N–H and O–H groups in total. The summed E-state index contributed by atoms with van der Waals surface area (Å²) in [7, 11) is 1.25. The van der Waals surface area contributed by atoms with E-state index in [1.165, 1.54) is 308 Å². The summed E-state index contributed by atoms with van der Waals surface area (Å²) in [4.78, 5) is 25.6. The summed E-state index contributed by atoms with van der Waals surface area (Å²) in [6, 6.07) is -0.909. The van der Waals surface area contributed by atoms with Crippen LogP contribution in [0, 0.1) is 0 Å². The van der Waals surface area contributed by atoms with E-state index in [0.717, 1.165) is 44.9 Å². The Kier molecular flexibility index (Phi) is 63.2. The molecule has 1 amide bonds. The number of phosphoric ester groups is 1. The molecule has 0 rings (SSSR count). The van der Waals surface area contributed by atoms with Gasteiger partial charge >= 0.3 is 0 Å². The van der Waals surface area contributed by atoms with Crippen LogP contribution >= 0.6 is 7.82 Å². The molecule has 0 aliphatic rings. The Morgan fingerprint density at radius 3 is 0.988 bits per heavy atom. The predicted molar refractivity (Wildman–Crippen MR) is 358 cm³/mol. The molecule has 82 heavy (non-hydrogen) atoms. The standard InChI is InChI=1S/C73H143N2O6P/c1-6-8-10-12-14-16-18-20-22-24-26-28-29-30-31-32-33-34-35-36-37-38-39-40-41-42-43-44-45-47-49-51-53-55-57-59-61-63-65-67-73(77)74-71(70-81-82(78,79)80-69-68-75(3,4)5)72(76)66-64-62-60-58-56-54-52-50-48-46-27-25-23-21-19-17-15-13-11-9-7-2/h48,50,56,58,64,66,71-72,76H,6-47,49,51-55,57,59-63,65,67-70H2,1-5H3,(H-,74,77,78,79)/b50-48+,58-56+,66-64+. The van der Waals surface area contributed by atoms with Crippen molar-refractivity contribution in [1.82, 2.24) is 5.32 Å². The molecular weight excluding hydrogens is 1030 g/mol. The molecule has 9 heteroatoms. The number of amides is 1. The molecule has 0 aliphatic carbocycles. The number of aliphatic hydroxyl groups is 1. The van der Waals surface area contributed by atoms with Crippen LogP contribution in [0.2, 0.25) is 0 Å². The van der Waals surface area contributed by atoms with E-state index in [1.54, 1.807) is 6.08 Å². The number of hydrogen-bond acceptors (Lipinski definition) is 6. The Morgan fingerprint density at radius 1 is 0.415 bits per heavy atom. The van der Waals surface area contributed by atoms with Gasteiger partial charge in [0.15, 0.2) is 0 Å². The normalized spacial score (nSPS) is 13.8. The number of unbranched alkanes of at least 4 members (excludes halogenated alkanes) is 51. The van der Waals surface area contributed by atoms with E-state index in [4.69, 9.17) is 9.05 Å². The maximum Gasteiger partial charge on any atom is 0.268 e. The zero-order valence-corrected chi connectivity index (χ0v) is 56.6. The summed E-state index contributed by atoms with van der Waals surface area (Å²) in [5, 5.41) is 13.9. The highest BCUT2D eigenvalue weighted by Gasteiger charge is 2.23. The van der Waals surface area contributed by atoms with Crippen molar-refractivity contribution in [3.05, 3.63) is 36.5 Å². The molecule has 0 bridgehead atoms. The SMILES string of the molecule is CCCCCCCCCCCCC/C=C/CC/C=C/CC/C=C/C(O)C(COP(=O)([O-])OCC[N+](C)(C)C)NC(=O)CCCCCCCCCCCCCCCCCCCCCCCCCCCCCCCCCCCCCCCCC. The van der Waals surface area contributed by atoms with Gasteiger partial charge < -0.3 is 28.8 Å². The summed E-state index contributed by atoms with van der Waals surface area (Å²) in [6.45, 7) is 4.67. The van der Waals surface area contributed by atoms with Crippen molar-refractivity contribution in [1.29, 1.82) is 0 Å². The van der Waals surface area contributed by atoms with Gasteiger partial charge in [0.05, 0.1) is 39.9 Å². The Bertz CT molecular complexity index is 1430. The van der Waals surface area contributed by atoms with Crippen LogP contribution in [0.25, 0.3) is 0 Å². The molecule has 0 aromatic rings. The molecule has 0 aromatic heterocycles. The van der Waals surface area contributed by atoms with Gasteiger partial charge in [0.1, 0.15) is 13.2 Å². The molecule has 8 nitrogen and oxygen atoms in total. The fraction of sp³-hybridized carbons (Fsp3) is 0.904. The minimum absolute atomic E-state index is 0.00715. The summed E-state index contributed by atoms with van der Waals surface area (Å²) < 4.78 is 23.4. The van der Waals surface area contributed by atoms with Crippen LogP contribution in [0.4, 0.5) is 0 Å². The smallest absolute Gasteiger partial charge is 0.268 e. The van der Waals surface area contributed by atoms with Crippen molar-refractivity contribution in [2.45, 2.75) is 386 Å². The molecule has 0 aliphatic heterocycles. The second-order valence-corrected chi connectivity index (χ2v) is 27.7. The highest BCUT2D eigenvalue weighted by molar-refractivity contribution is 7.45. The van der Waals surface area contributed by atoms with Crippen LogP contribution in [-0.4, -0.2) is 68.5 Å². The molecule has 0 spiro atoms. The van der Waals surface area contributed by atoms with E-state index >= 15 is 0 Å². The second kappa shape index (κ2) is 64.2. The van der Waals surface area contributed by atoms with Gasteiger partial charge in [-0.25, -0.2) is 0 Å². The van der Waals surface area contributed by atoms with Crippen molar-refractivity contribution < 1.29 is 32.9 Å². The number of hydrogen-bond donors (Lipinski definition) is 2. The summed E-state index contributed by atoms with van der Waals surface area (Å²) >= 11 is 0. The molecule has 0 saturated heterocycles. The van der Waals surface area contributed by atoms with E-state index in [2.05, 4.69) is 43.5 Å². The van der Waals surface area contributed by atoms with Crippen LogP contribution in [-0.2, 0) is 18.4 Å². The number of nitrogens with one attached hydrogen (secondary N) is 1. The largest absolute Gasteiger partial charge is 0.756 e. The van der Waals surface area contributed by atoms with Gasteiger partial charge in [-0.15, -0.1) is 0 Å². The number of quaternary nitrogens is 1. The Hall–Kier alpha value is -1.28. The molecule has 0 fully saturated rings. The Balaban J connectivity index is 3.95. The first-order valence-corrected chi connectivity index (χ1v) is 37.8. The van der Waals surface area contributed by atoms with Crippen LogP contribution in [0.1, 0.15) is 373 Å². The third-order valence-corrected chi connectivity index (χ3v) is 17.8. The number of carbonyl (C=O) groups is 1. The molecule has 3 atom stereocenters. The number of nitrogens with zero attached hydrogens (tertiary/aromatic N) is 1. The lowest BCUT2D eigenvalue weighted by molar-refractivity contribution is -0.870. The van der Waals surface area contributed by atoms with Gasteiger partial charge in [0.2, 0.25) is 5.91 Å². The highest BCUT2D eigenvalue weighted by atomic mass is 31.2. The first-order chi connectivity index (χ1) is 40.0. The van der Waals surface area contributed by atoms with Gasteiger partial charge in [0, 0.05) is 6.42 Å². The van der Waals surface area contributed by atoms with Crippen molar-refractivity contribution in [2.24, 2.45) is 0 Å². The Labute approximate surface area is 512 Å². The number of phosphoric acid groups is 1. The van der Waals surface area contributed by atoms with Gasteiger partial charge in [0.25, 0.3) is 7.82 Å². The number of allylic oxidation sites excluding steroid dienone is 5. The first kappa shape index (κ1) is 80.7. The predicted octanol–water partition coefficient (Wildman–Crippen LogP) is 22.6. The van der Waals surface area contributed by atoms with Crippen LogP contribution in [0.15, 0.2) is 36.5 Å². The van der Waals surface area contributed by atoms with E-state index in [9.17, 15) is 19.4 Å². The molecule has 486 valence electrons. The van der Waals surface area contributed by atoms with E-state index < -0.39 is 26.6 Å². The third-order valence-electron chi connectivity index (χ3n) is 16.8. The fourth-order valence-electron chi connectivity index (χ4n) is 11.2. The monoisotopic (exact) mass is 1180 g/mol. The molecule has 0 heterocycles. The molecule has 0 radical (unpaired) electrons. The molecular formula is C73H143N2O6P. The lowest BCUT2D eigenvalue weighted by Gasteiger charge is -2.29. The Morgan fingerprint density at radius 2 is 0.683 bits per heavy atom. The van der Waals surface area contributed by atoms with Crippen molar-refractivity contribution in [3.8, 4) is 0 Å². The molecule has 0 aromatic carbocycles. The minimum atomic E-state index is -4.61.